The van der Waals surface area contributed by atoms with E-state index in [0.29, 0.717) is 0 Å². The minimum absolute atomic E-state index is 0.0606. The van der Waals surface area contributed by atoms with Crippen molar-refractivity contribution in [2.45, 2.75) is 51.7 Å². The Bertz CT molecular complexity index is 175. The molecule has 0 fully saturated rings. The van der Waals surface area contributed by atoms with Crippen molar-refractivity contribution in [3.8, 4) is 0 Å². The number of esters is 1. The van der Waals surface area contributed by atoms with Gasteiger partial charge in [0.2, 0.25) is 0 Å². The number of hydrogen-bond acceptors (Lipinski definition) is 3. The Kier molecular flexibility index (Phi) is 7.11. The number of aliphatic hydroxyl groups excluding tert-OH is 1. The highest BCUT2D eigenvalue weighted by molar-refractivity contribution is 5.81. The van der Waals surface area contributed by atoms with Gasteiger partial charge < -0.3 is 9.84 Å². The lowest BCUT2D eigenvalue weighted by atomic mass is 10.1. The Morgan fingerprint density at radius 3 is 2.50 bits per heavy atom. The number of ether oxygens (including phenoxy) is 1. The molecule has 0 spiro atoms. The largest absolute Gasteiger partial charge is 0.460 e. The van der Waals surface area contributed by atoms with E-state index in [1.807, 2.05) is 6.92 Å². The summed E-state index contributed by atoms with van der Waals surface area (Å²) >= 11 is 0. The van der Waals surface area contributed by atoms with Crippen LogP contribution in [0.1, 0.15) is 39.5 Å². The van der Waals surface area contributed by atoms with Crippen LogP contribution in [-0.2, 0) is 9.53 Å². The maximum absolute atomic E-state index is 10.8. The van der Waals surface area contributed by atoms with E-state index in [1.54, 1.807) is 6.92 Å². The van der Waals surface area contributed by atoms with E-state index in [1.165, 1.54) is 6.08 Å². The number of hydrogen-bond donors (Lipinski definition) is 1. The van der Waals surface area contributed by atoms with Crippen molar-refractivity contribution in [2.24, 2.45) is 0 Å². The quantitative estimate of drug-likeness (QED) is 0.388. The predicted molar refractivity (Wildman–Crippen MR) is 55.9 cm³/mol. The highest BCUT2D eigenvalue weighted by Gasteiger charge is 2.06. The molecule has 0 heterocycles. The van der Waals surface area contributed by atoms with Crippen LogP contribution in [0.3, 0.4) is 0 Å². The lowest BCUT2D eigenvalue weighted by Crippen LogP contribution is -2.12. The minimum atomic E-state index is -0.368. The molecule has 0 radical (unpaired) electrons. The van der Waals surface area contributed by atoms with Crippen molar-refractivity contribution in [1.29, 1.82) is 0 Å². The predicted octanol–water partition coefficient (Wildman–Crippen LogP) is 2.05. The molecule has 0 saturated carbocycles. The van der Waals surface area contributed by atoms with Gasteiger partial charge in [-0.1, -0.05) is 13.0 Å². The number of carbonyl (C=O) groups excluding carboxylic acids is 1. The smallest absolute Gasteiger partial charge is 0.330 e. The maximum atomic E-state index is 10.8. The molecule has 0 saturated heterocycles. The summed E-state index contributed by atoms with van der Waals surface area (Å²) in [6.45, 7) is 6.97. The van der Waals surface area contributed by atoms with Gasteiger partial charge >= 0.3 is 5.97 Å². The van der Waals surface area contributed by atoms with Gasteiger partial charge in [0.25, 0.3) is 0 Å². The van der Waals surface area contributed by atoms with E-state index in [2.05, 4.69) is 6.58 Å². The van der Waals surface area contributed by atoms with Gasteiger partial charge in [-0.25, -0.2) is 4.79 Å². The zero-order chi connectivity index (χ0) is 11.0. The number of rotatable bonds is 7. The molecule has 0 aliphatic carbocycles. The second kappa shape index (κ2) is 7.56. The Labute approximate surface area is 85.8 Å². The summed E-state index contributed by atoms with van der Waals surface area (Å²) in [7, 11) is 0. The molecule has 3 heteroatoms. The van der Waals surface area contributed by atoms with Gasteiger partial charge in [-0.2, -0.15) is 0 Å². The molecule has 3 nitrogen and oxygen atoms in total. The van der Waals surface area contributed by atoms with E-state index in [-0.39, 0.29) is 18.2 Å². The zero-order valence-corrected chi connectivity index (χ0v) is 9.03. The number of carbonyl (C=O) groups is 1. The summed E-state index contributed by atoms with van der Waals surface area (Å²) in [5, 5.41) is 9.00. The molecular formula is C11H20O3. The van der Waals surface area contributed by atoms with Crippen LogP contribution in [-0.4, -0.2) is 23.3 Å². The highest BCUT2D eigenvalue weighted by atomic mass is 16.5. The van der Waals surface area contributed by atoms with Crippen molar-refractivity contribution >= 4 is 5.97 Å². The van der Waals surface area contributed by atoms with E-state index < -0.39 is 0 Å². The van der Waals surface area contributed by atoms with E-state index in [9.17, 15) is 4.79 Å². The van der Waals surface area contributed by atoms with Gasteiger partial charge in [-0.15, -0.1) is 0 Å². The summed E-state index contributed by atoms with van der Waals surface area (Å²) in [5.41, 5.74) is 0. The van der Waals surface area contributed by atoms with Crippen LogP contribution < -0.4 is 0 Å². The van der Waals surface area contributed by atoms with Crippen LogP contribution in [0.15, 0.2) is 12.7 Å². The Morgan fingerprint density at radius 1 is 1.43 bits per heavy atom. The fourth-order valence-corrected chi connectivity index (χ4v) is 1.18. The monoisotopic (exact) mass is 200 g/mol. The molecule has 0 aromatic carbocycles. The van der Waals surface area contributed by atoms with Crippen molar-refractivity contribution < 1.29 is 14.6 Å². The Morgan fingerprint density at radius 2 is 2.00 bits per heavy atom. The average Bonchev–Trinajstić information content (AvgIpc) is 2.12. The normalized spacial score (nSPS) is 14.5. The Balaban J connectivity index is 3.39. The first kappa shape index (κ1) is 13.2. The third-order valence-electron chi connectivity index (χ3n) is 1.97. The van der Waals surface area contributed by atoms with Crippen LogP contribution in [0.2, 0.25) is 0 Å². The third kappa shape index (κ3) is 7.80. The molecule has 0 aromatic rings. The first-order chi connectivity index (χ1) is 6.56. The van der Waals surface area contributed by atoms with Gasteiger partial charge in [0.05, 0.1) is 12.2 Å². The summed E-state index contributed by atoms with van der Waals surface area (Å²) < 4.78 is 4.99. The fourth-order valence-electron chi connectivity index (χ4n) is 1.18. The molecule has 1 N–H and O–H groups in total. The molecule has 0 aliphatic heterocycles. The lowest BCUT2D eigenvalue weighted by Gasteiger charge is -2.11. The maximum Gasteiger partial charge on any atom is 0.330 e. The SMILES string of the molecule is C=CC(=O)OC(C)CCCCC(C)O. The molecule has 0 amide bonds. The molecule has 0 rings (SSSR count). The molecule has 14 heavy (non-hydrogen) atoms. The average molecular weight is 200 g/mol. The van der Waals surface area contributed by atoms with Gasteiger partial charge in [0.1, 0.15) is 0 Å². The van der Waals surface area contributed by atoms with E-state index in [4.69, 9.17) is 9.84 Å². The first-order valence-electron chi connectivity index (χ1n) is 5.07. The second-order valence-corrected chi connectivity index (χ2v) is 3.59. The third-order valence-corrected chi connectivity index (χ3v) is 1.97. The number of aliphatic hydroxyl groups is 1. The van der Waals surface area contributed by atoms with Crippen LogP contribution in [0.25, 0.3) is 0 Å². The molecule has 2 atom stereocenters. The molecule has 0 aromatic heterocycles. The van der Waals surface area contributed by atoms with Gasteiger partial charge in [0, 0.05) is 6.08 Å². The van der Waals surface area contributed by atoms with Crippen LogP contribution in [0.5, 0.6) is 0 Å². The van der Waals surface area contributed by atoms with Gasteiger partial charge in [-0.05, 0) is 33.1 Å². The minimum Gasteiger partial charge on any atom is -0.460 e. The summed E-state index contributed by atoms with van der Waals surface area (Å²) in [6, 6.07) is 0. The molecule has 2 unspecified atom stereocenters. The van der Waals surface area contributed by atoms with Crippen molar-refractivity contribution in [1.82, 2.24) is 0 Å². The van der Waals surface area contributed by atoms with Crippen LogP contribution in [0.4, 0.5) is 0 Å². The van der Waals surface area contributed by atoms with Crippen molar-refractivity contribution in [3.63, 3.8) is 0 Å². The molecule has 0 aliphatic rings. The highest BCUT2D eigenvalue weighted by Crippen LogP contribution is 2.08. The van der Waals surface area contributed by atoms with Crippen LogP contribution >= 0.6 is 0 Å². The summed E-state index contributed by atoms with van der Waals surface area (Å²) in [4.78, 5) is 10.8. The van der Waals surface area contributed by atoms with Gasteiger partial charge in [0.15, 0.2) is 0 Å². The van der Waals surface area contributed by atoms with Gasteiger partial charge in [-0.3, -0.25) is 0 Å². The second-order valence-electron chi connectivity index (χ2n) is 3.59. The topological polar surface area (TPSA) is 46.5 Å². The fraction of sp³-hybridized carbons (Fsp3) is 0.727. The standard InChI is InChI=1S/C11H20O3/c1-4-11(13)14-10(3)8-6-5-7-9(2)12/h4,9-10,12H,1,5-8H2,2-3H3. The zero-order valence-electron chi connectivity index (χ0n) is 9.03. The van der Waals surface area contributed by atoms with Crippen molar-refractivity contribution in [2.75, 3.05) is 0 Å². The summed E-state index contributed by atoms with van der Waals surface area (Å²) in [6.07, 6.45) is 4.46. The molecule has 82 valence electrons. The van der Waals surface area contributed by atoms with Crippen LogP contribution in [0, 0.1) is 0 Å². The first-order valence-corrected chi connectivity index (χ1v) is 5.07. The molecular weight excluding hydrogens is 180 g/mol. The van der Waals surface area contributed by atoms with Crippen molar-refractivity contribution in [3.05, 3.63) is 12.7 Å². The van der Waals surface area contributed by atoms with E-state index in [0.717, 1.165) is 25.7 Å². The Hall–Kier alpha value is -0.830. The molecule has 0 bridgehead atoms. The number of unbranched alkanes of at least 4 members (excludes halogenated alkanes) is 1. The van der Waals surface area contributed by atoms with E-state index >= 15 is 0 Å². The lowest BCUT2D eigenvalue weighted by molar-refractivity contribution is -0.142. The summed E-state index contributed by atoms with van der Waals surface area (Å²) in [5.74, 6) is -0.368.